The first-order chi connectivity index (χ1) is 8.19. The number of rotatable bonds is 2. The van der Waals surface area contributed by atoms with E-state index in [0.717, 1.165) is 6.42 Å². The summed E-state index contributed by atoms with van der Waals surface area (Å²) in [6, 6.07) is -0.164. The third-order valence-corrected chi connectivity index (χ3v) is 2.68. The van der Waals surface area contributed by atoms with E-state index in [4.69, 9.17) is 10.5 Å². The SMILES string of the molecule is CC(C)C1=CCC(NC(=O)OC(C)(C)C)C(N)=C1. The molecule has 1 unspecified atom stereocenters. The van der Waals surface area contributed by atoms with Crippen molar-refractivity contribution in [2.24, 2.45) is 11.7 Å². The number of carbonyl (C=O) groups is 1. The lowest BCUT2D eigenvalue weighted by molar-refractivity contribution is 0.0511. The number of alkyl carbamates (subject to hydrolysis) is 1. The zero-order valence-corrected chi connectivity index (χ0v) is 11.9. The second-order valence-electron chi connectivity index (χ2n) is 5.94. The van der Waals surface area contributed by atoms with Crippen LogP contribution < -0.4 is 11.1 Å². The van der Waals surface area contributed by atoms with Gasteiger partial charge < -0.3 is 15.8 Å². The van der Waals surface area contributed by atoms with Crippen LogP contribution >= 0.6 is 0 Å². The van der Waals surface area contributed by atoms with E-state index >= 15 is 0 Å². The molecule has 0 heterocycles. The molecule has 0 bridgehead atoms. The van der Waals surface area contributed by atoms with Crippen molar-refractivity contribution in [3.63, 3.8) is 0 Å². The van der Waals surface area contributed by atoms with Gasteiger partial charge in [-0.15, -0.1) is 0 Å². The monoisotopic (exact) mass is 252 g/mol. The Labute approximate surface area is 109 Å². The van der Waals surface area contributed by atoms with E-state index in [1.165, 1.54) is 5.57 Å². The minimum atomic E-state index is -0.490. The van der Waals surface area contributed by atoms with Gasteiger partial charge in [-0.3, -0.25) is 0 Å². The van der Waals surface area contributed by atoms with Crippen LogP contribution in [-0.2, 0) is 4.74 Å². The minimum Gasteiger partial charge on any atom is -0.444 e. The van der Waals surface area contributed by atoms with Crippen LogP contribution in [0.3, 0.4) is 0 Å². The van der Waals surface area contributed by atoms with E-state index in [0.29, 0.717) is 11.6 Å². The Morgan fingerprint density at radius 3 is 2.56 bits per heavy atom. The fourth-order valence-corrected chi connectivity index (χ4v) is 1.74. The molecule has 0 aromatic heterocycles. The lowest BCUT2D eigenvalue weighted by Gasteiger charge is -2.26. The van der Waals surface area contributed by atoms with Crippen LogP contribution in [0.15, 0.2) is 23.4 Å². The molecule has 0 saturated carbocycles. The molecule has 1 atom stereocenters. The highest BCUT2D eigenvalue weighted by Gasteiger charge is 2.22. The number of nitrogens with one attached hydrogen (secondary N) is 1. The van der Waals surface area contributed by atoms with Crippen LogP contribution in [0.2, 0.25) is 0 Å². The van der Waals surface area contributed by atoms with Crippen LogP contribution in [0.1, 0.15) is 41.0 Å². The molecular formula is C14H24N2O2. The first kappa shape index (κ1) is 14.6. The molecule has 102 valence electrons. The van der Waals surface area contributed by atoms with E-state index < -0.39 is 11.7 Å². The quantitative estimate of drug-likeness (QED) is 0.794. The first-order valence-corrected chi connectivity index (χ1v) is 6.35. The Morgan fingerprint density at radius 1 is 1.50 bits per heavy atom. The second kappa shape index (κ2) is 5.46. The van der Waals surface area contributed by atoms with Gasteiger partial charge in [0.25, 0.3) is 0 Å². The molecule has 1 aliphatic rings. The van der Waals surface area contributed by atoms with E-state index in [1.807, 2.05) is 26.8 Å². The highest BCUT2D eigenvalue weighted by Crippen LogP contribution is 2.21. The maximum absolute atomic E-state index is 11.7. The van der Waals surface area contributed by atoms with Crippen molar-refractivity contribution in [3.05, 3.63) is 23.4 Å². The van der Waals surface area contributed by atoms with Crippen molar-refractivity contribution >= 4 is 6.09 Å². The zero-order valence-electron chi connectivity index (χ0n) is 11.9. The Bertz CT molecular complexity index is 376. The predicted octanol–water partition coefficient (Wildman–Crippen LogP) is 2.71. The number of ether oxygens (including phenoxy) is 1. The van der Waals surface area contributed by atoms with Crippen molar-refractivity contribution < 1.29 is 9.53 Å². The molecule has 0 aromatic rings. The third kappa shape index (κ3) is 4.43. The first-order valence-electron chi connectivity index (χ1n) is 6.35. The van der Waals surface area contributed by atoms with Gasteiger partial charge in [-0.2, -0.15) is 0 Å². The molecule has 0 aliphatic heterocycles. The molecule has 1 amide bonds. The van der Waals surface area contributed by atoms with E-state index in [9.17, 15) is 4.79 Å². The molecule has 4 heteroatoms. The molecule has 18 heavy (non-hydrogen) atoms. The summed E-state index contributed by atoms with van der Waals surface area (Å²) >= 11 is 0. The highest BCUT2D eigenvalue weighted by molar-refractivity contribution is 5.68. The summed E-state index contributed by atoms with van der Waals surface area (Å²) in [5.74, 6) is 0.450. The lowest BCUT2D eigenvalue weighted by Crippen LogP contribution is -2.42. The van der Waals surface area contributed by atoms with Gasteiger partial charge in [-0.25, -0.2) is 4.79 Å². The molecule has 4 nitrogen and oxygen atoms in total. The van der Waals surface area contributed by atoms with Crippen molar-refractivity contribution in [3.8, 4) is 0 Å². The molecule has 0 fully saturated rings. The average molecular weight is 252 g/mol. The Hall–Kier alpha value is -1.45. The molecule has 1 aliphatic carbocycles. The molecule has 0 radical (unpaired) electrons. The smallest absolute Gasteiger partial charge is 0.408 e. The van der Waals surface area contributed by atoms with Crippen molar-refractivity contribution in [1.82, 2.24) is 5.32 Å². The van der Waals surface area contributed by atoms with Gasteiger partial charge in [0.05, 0.1) is 6.04 Å². The normalized spacial score (nSPS) is 20.2. The number of hydrogen-bond acceptors (Lipinski definition) is 3. The van der Waals surface area contributed by atoms with Crippen LogP contribution in [0.25, 0.3) is 0 Å². The van der Waals surface area contributed by atoms with Crippen LogP contribution in [0, 0.1) is 5.92 Å². The number of carbonyl (C=O) groups excluding carboxylic acids is 1. The zero-order chi connectivity index (χ0) is 13.9. The average Bonchev–Trinajstić information content (AvgIpc) is 2.17. The largest absolute Gasteiger partial charge is 0.444 e. The molecule has 0 aromatic carbocycles. The predicted molar refractivity (Wildman–Crippen MR) is 73.0 cm³/mol. The summed E-state index contributed by atoms with van der Waals surface area (Å²) < 4.78 is 5.21. The van der Waals surface area contributed by atoms with Gasteiger partial charge in [0, 0.05) is 5.70 Å². The Morgan fingerprint density at radius 2 is 2.11 bits per heavy atom. The van der Waals surface area contributed by atoms with Gasteiger partial charge in [-0.1, -0.05) is 19.9 Å². The summed E-state index contributed by atoms with van der Waals surface area (Å²) in [4.78, 5) is 11.7. The number of amides is 1. The van der Waals surface area contributed by atoms with Crippen molar-refractivity contribution in [2.45, 2.75) is 52.7 Å². The fraction of sp³-hybridized carbons (Fsp3) is 0.643. The molecule has 1 rings (SSSR count). The second-order valence-corrected chi connectivity index (χ2v) is 5.94. The summed E-state index contributed by atoms with van der Waals surface area (Å²) in [7, 11) is 0. The Kier molecular flexibility index (Phi) is 4.43. The van der Waals surface area contributed by atoms with Crippen molar-refractivity contribution in [1.29, 1.82) is 0 Å². The fourth-order valence-electron chi connectivity index (χ4n) is 1.74. The van der Waals surface area contributed by atoms with Crippen LogP contribution in [0.5, 0.6) is 0 Å². The summed E-state index contributed by atoms with van der Waals surface area (Å²) in [5, 5.41) is 2.79. The molecule has 0 saturated heterocycles. The van der Waals surface area contributed by atoms with E-state index in [1.54, 1.807) is 0 Å². The minimum absolute atomic E-state index is 0.164. The summed E-state index contributed by atoms with van der Waals surface area (Å²) in [6.45, 7) is 9.75. The topological polar surface area (TPSA) is 64.3 Å². The molecule has 0 spiro atoms. The van der Waals surface area contributed by atoms with Gasteiger partial charge in [0.15, 0.2) is 0 Å². The van der Waals surface area contributed by atoms with Gasteiger partial charge in [0.1, 0.15) is 5.60 Å². The number of nitrogens with two attached hydrogens (primary N) is 1. The van der Waals surface area contributed by atoms with Crippen LogP contribution in [-0.4, -0.2) is 17.7 Å². The maximum atomic E-state index is 11.7. The van der Waals surface area contributed by atoms with Gasteiger partial charge in [0.2, 0.25) is 0 Å². The van der Waals surface area contributed by atoms with Crippen LogP contribution in [0.4, 0.5) is 4.79 Å². The third-order valence-electron chi connectivity index (χ3n) is 2.68. The summed E-state index contributed by atoms with van der Waals surface area (Å²) in [5.41, 5.74) is 7.38. The van der Waals surface area contributed by atoms with Gasteiger partial charge in [-0.05, 0) is 44.8 Å². The highest BCUT2D eigenvalue weighted by atomic mass is 16.6. The van der Waals surface area contributed by atoms with Crippen molar-refractivity contribution in [2.75, 3.05) is 0 Å². The summed E-state index contributed by atoms with van der Waals surface area (Å²) in [6.07, 6.45) is 4.35. The number of allylic oxidation sites excluding steroid dienone is 2. The number of hydrogen-bond donors (Lipinski definition) is 2. The standard InChI is InChI=1S/C14H24N2O2/c1-9(2)10-6-7-12(11(15)8-10)16-13(17)18-14(3,4)5/h6,8-9,12H,7,15H2,1-5H3,(H,16,17). The Balaban J connectivity index is 2.57. The van der Waals surface area contributed by atoms with Gasteiger partial charge >= 0.3 is 6.09 Å². The molecular weight excluding hydrogens is 228 g/mol. The lowest BCUT2D eigenvalue weighted by atomic mass is 9.93. The molecule has 3 N–H and O–H groups in total. The van der Waals surface area contributed by atoms with E-state index in [-0.39, 0.29) is 6.04 Å². The maximum Gasteiger partial charge on any atom is 0.408 e. The van der Waals surface area contributed by atoms with E-state index in [2.05, 4.69) is 25.2 Å².